The zero-order chi connectivity index (χ0) is 27.4. The lowest BCUT2D eigenvalue weighted by molar-refractivity contribution is 0.00220. The second-order valence-corrected chi connectivity index (χ2v) is 11.2. The van der Waals surface area contributed by atoms with Crippen LogP contribution in [-0.4, -0.2) is 87.6 Å². The van der Waals surface area contributed by atoms with Gasteiger partial charge in [-0.1, -0.05) is 0 Å². The van der Waals surface area contributed by atoms with Crippen LogP contribution in [0.1, 0.15) is 70.3 Å². The Morgan fingerprint density at radius 3 is 2.45 bits per heavy atom. The van der Waals surface area contributed by atoms with E-state index in [1.165, 1.54) is 13.2 Å². The molecule has 4 rings (SSSR count). The topological polar surface area (TPSA) is 115 Å². The van der Waals surface area contributed by atoms with E-state index in [4.69, 9.17) is 4.84 Å². The molecule has 0 unspecified atom stereocenters. The third-order valence-corrected chi connectivity index (χ3v) is 8.74. The van der Waals surface area contributed by atoms with Crippen molar-refractivity contribution in [2.24, 2.45) is 0 Å². The van der Waals surface area contributed by atoms with E-state index in [0.29, 0.717) is 36.5 Å². The van der Waals surface area contributed by atoms with Crippen LogP contribution in [-0.2, 0) is 11.4 Å². The Kier molecular flexibility index (Phi) is 8.69. The molecule has 0 radical (unpaired) electrons. The van der Waals surface area contributed by atoms with E-state index < -0.39 is 5.97 Å². The van der Waals surface area contributed by atoms with Crippen molar-refractivity contribution in [1.29, 1.82) is 0 Å². The minimum absolute atomic E-state index is 0.0236. The Labute approximate surface area is 227 Å². The molecule has 2 aromatic heterocycles. The summed E-state index contributed by atoms with van der Waals surface area (Å²) in [5, 5.41) is 13.3. The second-order valence-electron chi connectivity index (χ2n) is 10.5. The number of hydroxylamine groups is 1. The Hall–Kier alpha value is -3.02. The number of pyridine rings is 1. The number of aromatic carboxylic acids is 1. The number of hydrogen-bond acceptors (Lipinski definition) is 7. The molecule has 0 saturated carbocycles. The molecule has 38 heavy (non-hydrogen) atoms. The Balaban J connectivity index is 1.36. The first-order chi connectivity index (χ1) is 18.1. The van der Waals surface area contributed by atoms with Gasteiger partial charge < -0.3 is 14.9 Å². The van der Waals surface area contributed by atoms with Crippen LogP contribution in [0.4, 0.5) is 4.79 Å². The molecule has 2 aliphatic rings. The minimum Gasteiger partial charge on any atom is -0.477 e. The fourth-order valence-corrected chi connectivity index (χ4v) is 6.40. The van der Waals surface area contributed by atoms with Crippen molar-refractivity contribution in [3.8, 4) is 0 Å². The molecule has 0 aromatic carbocycles. The van der Waals surface area contributed by atoms with E-state index in [2.05, 4.69) is 27.7 Å². The van der Waals surface area contributed by atoms with Crippen molar-refractivity contribution in [2.75, 3.05) is 33.3 Å². The normalized spacial score (nSPS) is 18.3. The molecule has 2 aliphatic heterocycles. The first-order valence-electron chi connectivity index (χ1n) is 13.0. The van der Waals surface area contributed by atoms with Crippen LogP contribution < -0.4 is 5.48 Å². The number of nitrogens with one attached hydrogen (secondary N) is 1. The van der Waals surface area contributed by atoms with Crippen molar-refractivity contribution < 1.29 is 24.3 Å². The molecule has 0 bridgehead atoms. The highest BCUT2D eigenvalue weighted by Crippen LogP contribution is 2.33. The maximum Gasteiger partial charge on any atom is 0.354 e. The fourth-order valence-electron chi connectivity index (χ4n) is 5.74. The second kappa shape index (κ2) is 11.8. The first kappa shape index (κ1) is 28.0. The number of aryl methyl sites for hydroxylation is 2. The Morgan fingerprint density at radius 2 is 1.89 bits per heavy atom. The number of carbonyl (C=O) groups is 3. The summed E-state index contributed by atoms with van der Waals surface area (Å²) in [5.74, 6) is -1.18. The van der Waals surface area contributed by atoms with Gasteiger partial charge in [-0.2, -0.15) is 11.3 Å². The summed E-state index contributed by atoms with van der Waals surface area (Å²) < 4.78 is 0. The number of piperidine rings is 2. The maximum absolute atomic E-state index is 13.3. The summed E-state index contributed by atoms with van der Waals surface area (Å²) in [4.78, 5) is 52.7. The van der Waals surface area contributed by atoms with E-state index >= 15 is 0 Å². The van der Waals surface area contributed by atoms with Gasteiger partial charge >= 0.3 is 12.0 Å². The van der Waals surface area contributed by atoms with Gasteiger partial charge in [0, 0.05) is 44.3 Å². The Morgan fingerprint density at radius 1 is 1.21 bits per heavy atom. The largest absolute Gasteiger partial charge is 0.477 e. The predicted molar refractivity (Wildman–Crippen MR) is 144 cm³/mol. The van der Waals surface area contributed by atoms with Crippen molar-refractivity contribution in [3.63, 3.8) is 0 Å². The van der Waals surface area contributed by atoms with Gasteiger partial charge in [0.05, 0.1) is 18.4 Å². The summed E-state index contributed by atoms with van der Waals surface area (Å²) in [6.07, 6.45) is 3.45. The number of nitrogens with zero attached hydrogens (tertiary/aromatic N) is 4. The third kappa shape index (κ3) is 6.00. The lowest BCUT2D eigenvalue weighted by atomic mass is 9.85. The molecule has 2 N–H and O–H groups in total. The van der Waals surface area contributed by atoms with Crippen molar-refractivity contribution in [2.45, 2.75) is 64.6 Å². The van der Waals surface area contributed by atoms with Crippen LogP contribution >= 0.6 is 11.3 Å². The maximum atomic E-state index is 13.3. The van der Waals surface area contributed by atoms with Crippen LogP contribution in [0.5, 0.6) is 0 Å². The first-order valence-corrected chi connectivity index (χ1v) is 13.9. The van der Waals surface area contributed by atoms with Crippen LogP contribution in [0.25, 0.3) is 0 Å². The van der Waals surface area contributed by atoms with E-state index in [0.717, 1.165) is 44.3 Å². The molecule has 0 spiro atoms. The molecule has 2 aromatic rings. The highest BCUT2D eigenvalue weighted by atomic mass is 32.1. The molecular weight excluding hydrogens is 506 g/mol. The third-order valence-electron chi connectivity index (χ3n) is 8.01. The monoisotopic (exact) mass is 543 g/mol. The average molecular weight is 544 g/mol. The summed E-state index contributed by atoms with van der Waals surface area (Å²) in [5.41, 5.74) is 5.13. The molecule has 3 amide bonds. The smallest absolute Gasteiger partial charge is 0.354 e. The van der Waals surface area contributed by atoms with E-state index in [-0.39, 0.29) is 29.2 Å². The number of thiophene rings is 1. The van der Waals surface area contributed by atoms with Crippen molar-refractivity contribution in [1.82, 2.24) is 25.2 Å². The number of aromatic nitrogens is 1. The molecule has 2 fully saturated rings. The number of carboxylic acids is 1. The molecule has 0 atom stereocenters. The lowest BCUT2D eigenvalue weighted by Gasteiger charge is -2.50. The molecule has 0 aliphatic carbocycles. The summed E-state index contributed by atoms with van der Waals surface area (Å²) >= 11 is 1.62. The SMILES string of the molecule is CONC(=O)N(Cc1ccsc1)C1CCN(C2(C)CCN(C(=O)c3c(C)cc(C(=O)O)nc3C)CC2)CC1. The van der Waals surface area contributed by atoms with Gasteiger partial charge in [0.2, 0.25) is 0 Å². The molecule has 4 heterocycles. The lowest BCUT2D eigenvalue weighted by Crippen LogP contribution is -2.58. The molecule has 10 nitrogen and oxygen atoms in total. The average Bonchev–Trinajstić information content (AvgIpc) is 3.41. The van der Waals surface area contributed by atoms with Gasteiger partial charge in [-0.25, -0.2) is 20.1 Å². The summed E-state index contributed by atoms with van der Waals surface area (Å²) in [6, 6.07) is 3.42. The summed E-state index contributed by atoms with van der Waals surface area (Å²) in [7, 11) is 1.45. The highest BCUT2D eigenvalue weighted by molar-refractivity contribution is 7.07. The molecular formula is C27H37N5O5S. The standard InChI is InChI=1S/C27H37N5O5S/c1-18-15-22(25(34)35)28-19(2)23(18)24(33)30-12-8-27(3,9-13-30)31-10-5-21(6-11-31)32(26(36)29-37-4)16-20-7-14-38-17-20/h7,14-15,17,21H,5-6,8-13,16H2,1-4H3,(H,29,36)(H,34,35). The Bertz CT molecular complexity index is 1130. The predicted octanol–water partition coefficient (Wildman–Crippen LogP) is 3.69. The van der Waals surface area contributed by atoms with E-state index in [9.17, 15) is 19.5 Å². The van der Waals surface area contributed by atoms with E-state index in [1.54, 1.807) is 25.2 Å². The number of urea groups is 1. The fraction of sp³-hybridized carbons (Fsp3) is 0.556. The van der Waals surface area contributed by atoms with E-state index in [1.807, 2.05) is 21.2 Å². The molecule has 11 heteroatoms. The van der Waals surface area contributed by atoms with Gasteiger partial charge in [-0.3, -0.25) is 14.5 Å². The molecule has 206 valence electrons. The number of rotatable bonds is 7. The zero-order valence-electron chi connectivity index (χ0n) is 22.5. The van der Waals surface area contributed by atoms with Crippen LogP contribution in [0, 0.1) is 13.8 Å². The number of carboxylic acid groups (broad SMARTS) is 1. The zero-order valence-corrected chi connectivity index (χ0v) is 23.3. The van der Waals surface area contributed by atoms with Crippen molar-refractivity contribution in [3.05, 3.63) is 51.0 Å². The molecule has 2 saturated heterocycles. The van der Waals surface area contributed by atoms with Crippen LogP contribution in [0.15, 0.2) is 22.9 Å². The number of likely N-dealkylation sites (tertiary alicyclic amines) is 2. The van der Waals surface area contributed by atoms with Crippen LogP contribution in [0.2, 0.25) is 0 Å². The summed E-state index contributed by atoms with van der Waals surface area (Å²) in [6.45, 7) is 9.32. The number of amides is 3. The van der Waals surface area contributed by atoms with Gasteiger partial charge in [0.15, 0.2) is 0 Å². The van der Waals surface area contributed by atoms with Crippen molar-refractivity contribution >= 4 is 29.2 Å². The quantitative estimate of drug-likeness (QED) is 0.512. The number of carbonyl (C=O) groups excluding carboxylic acids is 2. The van der Waals surface area contributed by atoms with Gasteiger partial charge in [0.25, 0.3) is 5.91 Å². The van der Waals surface area contributed by atoms with Gasteiger partial charge in [-0.05, 0) is 80.5 Å². The minimum atomic E-state index is -1.10. The van der Waals surface area contributed by atoms with Gasteiger partial charge in [0.1, 0.15) is 5.69 Å². The van der Waals surface area contributed by atoms with Crippen LogP contribution in [0.3, 0.4) is 0 Å². The highest BCUT2D eigenvalue weighted by Gasteiger charge is 2.40. The number of hydrogen-bond donors (Lipinski definition) is 2. The van der Waals surface area contributed by atoms with Gasteiger partial charge in [-0.15, -0.1) is 0 Å².